The van der Waals surface area contributed by atoms with Gasteiger partial charge in [-0.25, -0.2) is 0 Å². The maximum absolute atomic E-state index is 4.42. The van der Waals surface area contributed by atoms with Crippen LogP contribution in [0.4, 0.5) is 0 Å². The number of thioether (sulfide) groups is 1. The van der Waals surface area contributed by atoms with Crippen molar-refractivity contribution in [3.05, 3.63) is 22.4 Å². The van der Waals surface area contributed by atoms with Crippen LogP contribution in [-0.2, 0) is 6.42 Å². The summed E-state index contributed by atoms with van der Waals surface area (Å²) >= 11 is 3.86. The molecule has 1 aliphatic rings. The van der Waals surface area contributed by atoms with Gasteiger partial charge in [0.15, 0.2) is 5.96 Å². The first kappa shape index (κ1) is 14.7. The minimum atomic E-state index is 0.754. The average molecular weight is 297 g/mol. The number of nitrogens with one attached hydrogen (secondary N) is 1. The fourth-order valence-corrected chi connectivity index (χ4v) is 4.13. The van der Waals surface area contributed by atoms with Crippen LogP contribution in [0.1, 0.15) is 18.9 Å². The lowest BCUT2D eigenvalue weighted by Crippen LogP contribution is -2.48. The van der Waals surface area contributed by atoms with E-state index in [1.54, 1.807) is 11.3 Å². The van der Waals surface area contributed by atoms with Crippen molar-refractivity contribution in [3.8, 4) is 0 Å². The molecule has 0 aromatic carbocycles. The van der Waals surface area contributed by atoms with E-state index in [2.05, 4.69) is 50.7 Å². The first-order valence-electron chi connectivity index (χ1n) is 6.91. The van der Waals surface area contributed by atoms with Crippen molar-refractivity contribution >= 4 is 29.1 Å². The molecule has 1 aromatic heterocycles. The molecule has 0 spiro atoms. The molecule has 2 heterocycles. The summed E-state index contributed by atoms with van der Waals surface area (Å²) in [5.41, 5.74) is 1.41. The third-order valence-electron chi connectivity index (χ3n) is 3.38. The number of hydrogen-bond donors (Lipinski definition) is 1. The van der Waals surface area contributed by atoms with Gasteiger partial charge in [-0.15, -0.1) is 0 Å². The first-order valence-corrected chi connectivity index (χ1v) is 8.91. The molecular weight excluding hydrogens is 274 g/mol. The summed E-state index contributed by atoms with van der Waals surface area (Å²) < 4.78 is 0. The molecule has 0 radical (unpaired) electrons. The maximum atomic E-state index is 4.42. The van der Waals surface area contributed by atoms with Crippen LogP contribution < -0.4 is 5.32 Å². The summed E-state index contributed by atoms with van der Waals surface area (Å²) in [5, 5.41) is 8.60. The van der Waals surface area contributed by atoms with Gasteiger partial charge in [-0.2, -0.15) is 23.1 Å². The van der Waals surface area contributed by atoms with Gasteiger partial charge in [0, 0.05) is 37.7 Å². The molecule has 1 aromatic rings. The fraction of sp³-hybridized carbons (Fsp3) is 0.643. The predicted octanol–water partition coefficient (Wildman–Crippen LogP) is 2.69. The smallest absolute Gasteiger partial charge is 0.193 e. The van der Waals surface area contributed by atoms with Crippen LogP contribution in [0.5, 0.6) is 0 Å². The van der Waals surface area contributed by atoms with E-state index in [1.807, 2.05) is 7.05 Å². The van der Waals surface area contributed by atoms with E-state index in [4.69, 9.17) is 0 Å². The zero-order chi connectivity index (χ0) is 13.5. The maximum Gasteiger partial charge on any atom is 0.193 e. The highest BCUT2D eigenvalue weighted by molar-refractivity contribution is 8.00. The highest BCUT2D eigenvalue weighted by atomic mass is 32.2. The Labute approximate surface area is 124 Å². The van der Waals surface area contributed by atoms with Crippen molar-refractivity contribution in [2.24, 2.45) is 4.99 Å². The quantitative estimate of drug-likeness (QED) is 0.684. The second-order valence-electron chi connectivity index (χ2n) is 4.70. The topological polar surface area (TPSA) is 27.6 Å². The summed E-state index contributed by atoms with van der Waals surface area (Å²) in [5.74, 6) is 2.28. The lowest BCUT2D eigenvalue weighted by Gasteiger charge is -2.34. The van der Waals surface area contributed by atoms with Crippen LogP contribution in [0, 0.1) is 0 Å². The Bertz CT molecular complexity index is 389. The van der Waals surface area contributed by atoms with Gasteiger partial charge in [-0.3, -0.25) is 4.99 Å². The Morgan fingerprint density at radius 3 is 3.16 bits per heavy atom. The Balaban J connectivity index is 1.79. The second-order valence-corrected chi connectivity index (χ2v) is 6.89. The molecule has 0 aliphatic carbocycles. The van der Waals surface area contributed by atoms with Crippen molar-refractivity contribution in [2.45, 2.75) is 25.0 Å². The molecule has 0 saturated carbocycles. The zero-order valence-electron chi connectivity index (χ0n) is 11.8. The molecular formula is C14H23N3S2. The Morgan fingerprint density at radius 2 is 2.47 bits per heavy atom. The largest absolute Gasteiger partial charge is 0.356 e. The standard InChI is InChI=1S/C14H23N3S2/c1-3-13-10-17(7-9-19-13)14(15-2)16-6-4-12-5-8-18-11-12/h5,8,11,13H,3-4,6-7,9-10H2,1-2H3,(H,15,16). The van der Waals surface area contributed by atoms with Gasteiger partial charge in [0.1, 0.15) is 0 Å². The monoisotopic (exact) mass is 297 g/mol. The van der Waals surface area contributed by atoms with Gasteiger partial charge in [0.05, 0.1) is 0 Å². The normalized spacial score (nSPS) is 20.6. The van der Waals surface area contributed by atoms with E-state index in [0.717, 1.165) is 37.3 Å². The predicted molar refractivity (Wildman–Crippen MR) is 87.5 cm³/mol. The van der Waals surface area contributed by atoms with E-state index in [9.17, 15) is 0 Å². The molecule has 19 heavy (non-hydrogen) atoms. The lowest BCUT2D eigenvalue weighted by atomic mass is 10.2. The van der Waals surface area contributed by atoms with E-state index in [-0.39, 0.29) is 0 Å². The molecule has 5 heteroatoms. The van der Waals surface area contributed by atoms with Crippen molar-refractivity contribution in [3.63, 3.8) is 0 Å². The number of aliphatic imine (C=N–C) groups is 1. The number of guanidine groups is 1. The third kappa shape index (κ3) is 4.42. The van der Waals surface area contributed by atoms with Crippen LogP contribution in [0.15, 0.2) is 21.8 Å². The molecule has 106 valence electrons. The number of rotatable bonds is 4. The van der Waals surface area contributed by atoms with Crippen molar-refractivity contribution < 1.29 is 0 Å². The van der Waals surface area contributed by atoms with Crippen molar-refractivity contribution in [1.82, 2.24) is 10.2 Å². The fourth-order valence-electron chi connectivity index (χ4n) is 2.24. The summed E-state index contributed by atoms with van der Waals surface area (Å²) in [6, 6.07) is 2.19. The average Bonchev–Trinajstić information content (AvgIpc) is 2.97. The molecule has 2 rings (SSSR count). The second kappa shape index (κ2) is 7.80. The number of thiophene rings is 1. The van der Waals surface area contributed by atoms with Crippen LogP contribution in [0.25, 0.3) is 0 Å². The van der Waals surface area contributed by atoms with Crippen LogP contribution in [0.2, 0.25) is 0 Å². The van der Waals surface area contributed by atoms with Gasteiger partial charge < -0.3 is 10.2 Å². The van der Waals surface area contributed by atoms with E-state index in [0.29, 0.717) is 0 Å². The summed E-state index contributed by atoms with van der Waals surface area (Å²) in [4.78, 5) is 6.83. The third-order valence-corrected chi connectivity index (χ3v) is 5.49. The van der Waals surface area contributed by atoms with E-state index >= 15 is 0 Å². The van der Waals surface area contributed by atoms with Gasteiger partial charge in [-0.1, -0.05) is 6.92 Å². The molecule has 1 saturated heterocycles. The Morgan fingerprint density at radius 1 is 1.58 bits per heavy atom. The van der Waals surface area contributed by atoms with Crippen LogP contribution in [0.3, 0.4) is 0 Å². The molecule has 1 fully saturated rings. The zero-order valence-corrected chi connectivity index (χ0v) is 13.4. The van der Waals surface area contributed by atoms with E-state index in [1.165, 1.54) is 17.7 Å². The van der Waals surface area contributed by atoms with Crippen LogP contribution in [-0.4, -0.2) is 48.5 Å². The molecule has 0 amide bonds. The molecule has 0 bridgehead atoms. The molecule has 1 atom stereocenters. The van der Waals surface area contributed by atoms with Crippen molar-refractivity contribution in [2.75, 3.05) is 32.4 Å². The summed E-state index contributed by atoms with van der Waals surface area (Å²) in [7, 11) is 1.88. The molecule has 1 unspecified atom stereocenters. The first-order chi connectivity index (χ1) is 9.33. The van der Waals surface area contributed by atoms with Gasteiger partial charge in [0.25, 0.3) is 0 Å². The van der Waals surface area contributed by atoms with Crippen LogP contribution >= 0.6 is 23.1 Å². The minimum Gasteiger partial charge on any atom is -0.356 e. The van der Waals surface area contributed by atoms with Gasteiger partial charge >= 0.3 is 0 Å². The van der Waals surface area contributed by atoms with Gasteiger partial charge in [0.2, 0.25) is 0 Å². The summed E-state index contributed by atoms with van der Waals surface area (Å²) in [6.45, 7) is 5.47. The highest BCUT2D eigenvalue weighted by Crippen LogP contribution is 2.20. The Kier molecular flexibility index (Phi) is 6.04. The van der Waals surface area contributed by atoms with E-state index < -0.39 is 0 Å². The Hall–Kier alpha value is -0.680. The van der Waals surface area contributed by atoms with Gasteiger partial charge in [-0.05, 0) is 35.2 Å². The highest BCUT2D eigenvalue weighted by Gasteiger charge is 2.21. The minimum absolute atomic E-state index is 0.754. The summed E-state index contributed by atoms with van der Waals surface area (Å²) in [6.07, 6.45) is 2.31. The molecule has 1 N–H and O–H groups in total. The molecule has 3 nitrogen and oxygen atoms in total. The lowest BCUT2D eigenvalue weighted by molar-refractivity contribution is 0.408. The number of nitrogens with zero attached hydrogens (tertiary/aromatic N) is 2. The SMILES string of the molecule is CCC1CN(C(=NC)NCCc2ccsc2)CCS1. The molecule has 1 aliphatic heterocycles. The van der Waals surface area contributed by atoms with Crippen molar-refractivity contribution in [1.29, 1.82) is 0 Å². The number of hydrogen-bond acceptors (Lipinski definition) is 3.